The Balaban J connectivity index is 2.08. The SMILES string of the molecule is CCc1ccc(/C=N/S(=O)c2ccc(C)cc2)cc1. The van der Waals surface area contributed by atoms with E-state index in [2.05, 4.69) is 23.5 Å². The topological polar surface area (TPSA) is 29.4 Å². The van der Waals surface area contributed by atoms with E-state index < -0.39 is 11.0 Å². The van der Waals surface area contributed by atoms with Crippen LogP contribution in [0.2, 0.25) is 0 Å². The van der Waals surface area contributed by atoms with E-state index in [0.717, 1.165) is 22.4 Å². The second-order valence-corrected chi connectivity index (χ2v) is 5.57. The summed E-state index contributed by atoms with van der Waals surface area (Å²) < 4.78 is 16.1. The largest absolute Gasteiger partial charge is 0.229 e. The molecule has 2 nitrogen and oxygen atoms in total. The summed E-state index contributed by atoms with van der Waals surface area (Å²) in [5.41, 5.74) is 3.41. The van der Waals surface area contributed by atoms with E-state index in [0.29, 0.717) is 0 Å². The molecule has 19 heavy (non-hydrogen) atoms. The fourth-order valence-electron chi connectivity index (χ4n) is 1.66. The molecule has 0 spiro atoms. The molecule has 0 amide bonds. The molecule has 2 rings (SSSR count). The van der Waals surface area contributed by atoms with Crippen molar-refractivity contribution < 1.29 is 4.21 Å². The van der Waals surface area contributed by atoms with Crippen molar-refractivity contribution in [3.63, 3.8) is 0 Å². The third kappa shape index (κ3) is 3.86. The molecule has 1 atom stereocenters. The molecule has 2 aromatic carbocycles. The van der Waals surface area contributed by atoms with Crippen LogP contribution in [0, 0.1) is 6.92 Å². The van der Waals surface area contributed by atoms with E-state index in [4.69, 9.17) is 0 Å². The summed E-state index contributed by atoms with van der Waals surface area (Å²) in [6, 6.07) is 15.7. The summed E-state index contributed by atoms with van der Waals surface area (Å²) in [6.45, 7) is 4.13. The fourth-order valence-corrected chi connectivity index (χ4v) is 2.37. The number of hydrogen-bond acceptors (Lipinski definition) is 1. The molecular weight excluding hydrogens is 254 g/mol. The molecule has 0 saturated carbocycles. The number of nitrogens with zero attached hydrogens (tertiary/aromatic N) is 1. The number of rotatable bonds is 4. The number of aryl methyl sites for hydroxylation is 2. The Labute approximate surface area is 116 Å². The van der Waals surface area contributed by atoms with E-state index in [9.17, 15) is 4.21 Å². The van der Waals surface area contributed by atoms with Crippen molar-refractivity contribution >= 4 is 17.2 Å². The van der Waals surface area contributed by atoms with Crippen LogP contribution < -0.4 is 0 Å². The van der Waals surface area contributed by atoms with Gasteiger partial charge in [0.1, 0.15) is 0 Å². The molecule has 98 valence electrons. The van der Waals surface area contributed by atoms with Gasteiger partial charge < -0.3 is 0 Å². The Hall–Kier alpha value is -1.74. The van der Waals surface area contributed by atoms with Gasteiger partial charge in [-0.15, -0.1) is 0 Å². The molecule has 0 aliphatic carbocycles. The zero-order chi connectivity index (χ0) is 13.7. The Morgan fingerprint density at radius 3 is 2.26 bits per heavy atom. The highest BCUT2D eigenvalue weighted by Gasteiger charge is 2.00. The van der Waals surface area contributed by atoms with Gasteiger partial charge in [0.25, 0.3) is 0 Å². The van der Waals surface area contributed by atoms with Crippen LogP contribution in [0.1, 0.15) is 23.6 Å². The van der Waals surface area contributed by atoms with Crippen molar-refractivity contribution in [1.29, 1.82) is 0 Å². The van der Waals surface area contributed by atoms with Crippen LogP contribution in [0.15, 0.2) is 57.8 Å². The maximum Gasteiger partial charge on any atom is 0.172 e. The lowest BCUT2D eigenvalue weighted by molar-refractivity contribution is 0.684. The Morgan fingerprint density at radius 2 is 1.68 bits per heavy atom. The van der Waals surface area contributed by atoms with Crippen molar-refractivity contribution in [2.75, 3.05) is 0 Å². The minimum absolute atomic E-state index is 0.729. The van der Waals surface area contributed by atoms with Gasteiger partial charge in [-0.05, 0) is 36.6 Å². The van der Waals surface area contributed by atoms with Crippen molar-refractivity contribution in [1.82, 2.24) is 0 Å². The highest BCUT2D eigenvalue weighted by Crippen LogP contribution is 2.09. The molecule has 0 aliphatic rings. The zero-order valence-electron chi connectivity index (χ0n) is 11.2. The zero-order valence-corrected chi connectivity index (χ0v) is 12.0. The van der Waals surface area contributed by atoms with Gasteiger partial charge in [0.15, 0.2) is 11.0 Å². The lowest BCUT2D eigenvalue weighted by atomic mass is 10.1. The van der Waals surface area contributed by atoms with E-state index in [1.54, 1.807) is 6.21 Å². The van der Waals surface area contributed by atoms with Gasteiger partial charge in [-0.2, -0.15) is 4.40 Å². The molecule has 3 heteroatoms. The molecule has 0 heterocycles. The van der Waals surface area contributed by atoms with Crippen LogP contribution in [0.4, 0.5) is 0 Å². The third-order valence-corrected chi connectivity index (χ3v) is 3.88. The Kier molecular flexibility index (Phi) is 4.63. The van der Waals surface area contributed by atoms with E-state index >= 15 is 0 Å². The maximum absolute atomic E-state index is 12.0. The van der Waals surface area contributed by atoms with Crippen LogP contribution in [0.3, 0.4) is 0 Å². The summed E-state index contributed by atoms with van der Waals surface area (Å²) >= 11 is 0. The first-order valence-electron chi connectivity index (χ1n) is 6.30. The van der Waals surface area contributed by atoms with E-state index in [1.165, 1.54) is 5.56 Å². The minimum Gasteiger partial charge on any atom is -0.229 e. The maximum atomic E-state index is 12.0. The number of benzene rings is 2. The van der Waals surface area contributed by atoms with Crippen LogP contribution in [-0.2, 0) is 17.4 Å². The number of hydrogen-bond donors (Lipinski definition) is 0. The van der Waals surface area contributed by atoms with Crippen molar-refractivity contribution in [2.45, 2.75) is 25.2 Å². The second kappa shape index (κ2) is 6.43. The lowest BCUT2D eigenvalue weighted by Gasteiger charge is -1.98. The lowest BCUT2D eigenvalue weighted by Crippen LogP contribution is -1.90. The summed E-state index contributed by atoms with van der Waals surface area (Å²) in [4.78, 5) is 0.729. The molecular formula is C16H17NOS. The standard InChI is InChI=1S/C16H17NOS/c1-3-14-6-8-15(9-7-14)12-17-19(18)16-10-4-13(2)5-11-16/h4-12H,3H2,1-2H3/b17-12+. The molecule has 0 bridgehead atoms. The first-order valence-corrected chi connectivity index (χ1v) is 7.41. The minimum atomic E-state index is -1.33. The fraction of sp³-hybridized carbons (Fsp3) is 0.188. The Bertz CT molecular complexity index is 585. The van der Waals surface area contributed by atoms with Gasteiger partial charge in [-0.25, -0.2) is 4.21 Å². The van der Waals surface area contributed by atoms with Crippen LogP contribution in [-0.4, -0.2) is 10.4 Å². The normalized spacial score (nSPS) is 12.7. The third-order valence-electron chi connectivity index (χ3n) is 2.91. The first kappa shape index (κ1) is 13.7. The average Bonchev–Trinajstić information content (AvgIpc) is 2.46. The molecule has 0 fully saturated rings. The average molecular weight is 271 g/mol. The molecule has 2 aromatic rings. The monoisotopic (exact) mass is 271 g/mol. The molecule has 0 N–H and O–H groups in total. The van der Waals surface area contributed by atoms with Crippen LogP contribution >= 0.6 is 0 Å². The van der Waals surface area contributed by atoms with Gasteiger partial charge in [0.05, 0.1) is 4.90 Å². The summed E-state index contributed by atoms with van der Waals surface area (Å²) in [5, 5.41) is 0. The highest BCUT2D eigenvalue weighted by atomic mass is 32.2. The quantitative estimate of drug-likeness (QED) is 0.780. The van der Waals surface area contributed by atoms with Crippen molar-refractivity contribution in [3.8, 4) is 0 Å². The van der Waals surface area contributed by atoms with Gasteiger partial charge in [-0.1, -0.05) is 48.9 Å². The van der Waals surface area contributed by atoms with Crippen molar-refractivity contribution in [2.24, 2.45) is 4.40 Å². The van der Waals surface area contributed by atoms with Crippen LogP contribution in [0.25, 0.3) is 0 Å². The summed E-state index contributed by atoms with van der Waals surface area (Å²) in [7, 11) is -1.33. The van der Waals surface area contributed by atoms with Gasteiger partial charge >= 0.3 is 0 Å². The molecule has 0 saturated heterocycles. The van der Waals surface area contributed by atoms with Crippen LogP contribution in [0.5, 0.6) is 0 Å². The molecule has 1 unspecified atom stereocenters. The Morgan fingerprint density at radius 1 is 1.05 bits per heavy atom. The summed E-state index contributed by atoms with van der Waals surface area (Å²) in [6.07, 6.45) is 2.68. The smallest absolute Gasteiger partial charge is 0.172 e. The second-order valence-electron chi connectivity index (χ2n) is 4.39. The predicted molar refractivity (Wildman–Crippen MR) is 81.0 cm³/mol. The first-order chi connectivity index (χ1) is 9.19. The van der Waals surface area contributed by atoms with E-state index in [1.807, 2.05) is 43.3 Å². The van der Waals surface area contributed by atoms with E-state index in [-0.39, 0.29) is 0 Å². The predicted octanol–water partition coefficient (Wildman–Crippen LogP) is 3.70. The summed E-state index contributed by atoms with van der Waals surface area (Å²) in [5.74, 6) is 0. The van der Waals surface area contributed by atoms with Gasteiger partial charge in [0, 0.05) is 6.21 Å². The highest BCUT2D eigenvalue weighted by molar-refractivity contribution is 7.83. The molecule has 0 aromatic heterocycles. The van der Waals surface area contributed by atoms with Crippen molar-refractivity contribution in [3.05, 3.63) is 65.2 Å². The molecule has 0 aliphatic heterocycles. The van der Waals surface area contributed by atoms with Gasteiger partial charge in [-0.3, -0.25) is 0 Å². The molecule has 0 radical (unpaired) electrons. The van der Waals surface area contributed by atoms with Gasteiger partial charge in [0.2, 0.25) is 0 Å².